The number of aromatic nitrogens is 2. The fraction of sp³-hybridized carbons (Fsp3) is 0.750. The topological polar surface area (TPSA) is 75.1 Å². The fourth-order valence-electron chi connectivity index (χ4n) is 1.40. The Morgan fingerprint density at radius 3 is 2.61 bits per heavy atom. The van der Waals surface area contributed by atoms with E-state index < -0.39 is 12.0 Å². The van der Waals surface area contributed by atoms with E-state index in [1.807, 2.05) is 27.7 Å². The highest BCUT2D eigenvalue weighted by molar-refractivity contribution is 7.09. The van der Waals surface area contributed by atoms with Crippen molar-refractivity contribution in [3.05, 3.63) is 5.82 Å². The van der Waals surface area contributed by atoms with Gasteiger partial charge in [0, 0.05) is 16.9 Å². The van der Waals surface area contributed by atoms with E-state index in [4.69, 9.17) is 5.11 Å². The van der Waals surface area contributed by atoms with E-state index in [1.54, 1.807) is 0 Å². The maximum absolute atomic E-state index is 11.1. The van der Waals surface area contributed by atoms with Crippen molar-refractivity contribution in [2.24, 2.45) is 0 Å². The number of hydrogen-bond acceptors (Lipinski definition) is 5. The number of nitrogens with one attached hydrogen (secondary N) is 1. The molecular weight excluding hydrogens is 250 g/mol. The molecule has 0 aliphatic carbocycles. The Morgan fingerprint density at radius 1 is 1.50 bits per heavy atom. The number of aliphatic carboxylic acids is 1. The van der Waals surface area contributed by atoms with Crippen molar-refractivity contribution in [3.63, 3.8) is 0 Å². The van der Waals surface area contributed by atoms with Gasteiger partial charge < -0.3 is 10.4 Å². The molecule has 1 rings (SSSR count). The maximum atomic E-state index is 11.1. The minimum atomic E-state index is -0.837. The summed E-state index contributed by atoms with van der Waals surface area (Å²) in [6.45, 7) is 8.14. The molecule has 0 bridgehead atoms. The predicted octanol–water partition coefficient (Wildman–Crippen LogP) is 2.89. The highest BCUT2D eigenvalue weighted by Gasteiger charge is 2.22. The Hall–Kier alpha value is -1.17. The van der Waals surface area contributed by atoms with Crippen LogP contribution in [0.5, 0.6) is 0 Å². The van der Waals surface area contributed by atoms with E-state index in [2.05, 4.69) is 14.7 Å². The predicted molar refractivity (Wildman–Crippen MR) is 73.2 cm³/mol. The van der Waals surface area contributed by atoms with Crippen LogP contribution >= 0.6 is 11.5 Å². The van der Waals surface area contributed by atoms with Gasteiger partial charge in [-0.1, -0.05) is 40.5 Å². The Kier molecular flexibility index (Phi) is 5.07. The van der Waals surface area contributed by atoms with E-state index in [0.717, 1.165) is 18.7 Å². The van der Waals surface area contributed by atoms with Crippen LogP contribution in [0.25, 0.3) is 0 Å². The van der Waals surface area contributed by atoms with E-state index in [1.165, 1.54) is 11.5 Å². The van der Waals surface area contributed by atoms with Gasteiger partial charge in [-0.05, 0) is 6.42 Å². The lowest BCUT2D eigenvalue weighted by Gasteiger charge is -2.14. The van der Waals surface area contributed by atoms with E-state index in [-0.39, 0.29) is 5.41 Å². The number of hydrogen-bond donors (Lipinski definition) is 2. The van der Waals surface area contributed by atoms with E-state index in [9.17, 15) is 4.79 Å². The van der Waals surface area contributed by atoms with Crippen LogP contribution in [0.15, 0.2) is 0 Å². The average molecular weight is 271 g/mol. The van der Waals surface area contributed by atoms with Gasteiger partial charge in [-0.2, -0.15) is 4.37 Å². The molecule has 0 unspecified atom stereocenters. The summed E-state index contributed by atoms with van der Waals surface area (Å²) in [6, 6.07) is -0.578. The number of carbonyl (C=O) groups is 1. The van der Waals surface area contributed by atoms with Gasteiger partial charge >= 0.3 is 5.97 Å². The summed E-state index contributed by atoms with van der Waals surface area (Å²) in [5.41, 5.74) is -0.113. The van der Waals surface area contributed by atoms with Crippen LogP contribution in [-0.2, 0) is 10.2 Å². The van der Waals surface area contributed by atoms with Gasteiger partial charge in [0.1, 0.15) is 11.9 Å². The average Bonchev–Trinajstić information content (AvgIpc) is 2.71. The second-order valence-corrected chi connectivity index (χ2v) is 6.10. The van der Waals surface area contributed by atoms with Crippen LogP contribution in [0.3, 0.4) is 0 Å². The van der Waals surface area contributed by atoms with Crippen molar-refractivity contribution in [1.82, 2.24) is 9.36 Å². The summed E-state index contributed by atoms with van der Waals surface area (Å²) < 4.78 is 4.26. The number of nitrogens with zero attached hydrogens (tertiary/aromatic N) is 2. The molecule has 0 aliphatic rings. The van der Waals surface area contributed by atoms with Crippen LogP contribution in [-0.4, -0.2) is 26.5 Å². The highest BCUT2D eigenvalue weighted by atomic mass is 32.1. The smallest absolute Gasteiger partial charge is 0.326 e. The Bertz CT molecular complexity index is 398. The zero-order valence-electron chi connectivity index (χ0n) is 11.4. The first kappa shape index (κ1) is 14.9. The largest absolute Gasteiger partial charge is 0.480 e. The third-order valence-corrected chi connectivity index (χ3v) is 3.19. The zero-order chi connectivity index (χ0) is 13.8. The van der Waals surface area contributed by atoms with Crippen molar-refractivity contribution in [1.29, 1.82) is 0 Å². The second-order valence-electron chi connectivity index (χ2n) is 5.35. The Balaban J connectivity index is 2.69. The third kappa shape index (κ3) is 4.25. The Morgan fingerprint density at radius 2 is 2.17 bits per heavy atom. The number of carboxylic acids is 1. The molecule has 0 amide bonds. The van der Waals surface area contributed by atoms with Crippen LogP contribution in [0.2, 0.25) is 0 Å². The molecule has 0 spiro atoms. The minimum absolute atomic E-state index is 0.113. The van der Waals surface area contributed by atoms with Gasteiger partial charge in [-0.3, -0.25) is 0 Å². The second kappa shape index (κ2) is 6.13. The van der Waals surface area contributed by atoms with Crippen molar-refractivity contribution < 1.29 is 9.90 Å². The molecule has 0 radical (unpaired) electrons. The highest BCUT2D eigenvalue weighted by Crippen LogP contribution is 2.23. The Labute approximate surface area is 112 Å². The first-order valence-corrected chi connectivity index (χ1v) is 6.95. The molecule has 1 aromatic rings. The molecule has 0 saturated carbocycles. The van der Waals surface area contributed by atoms with Crippen molar-refractivity contribution in [3.8, 4) is 0 Å². The minimum Gasteiger partial charge on any atom is -0.480 e. The summed E-state index contributed by atoms with van der Waals surface area (Å²) in [5.74, 6) is -0.0920. The SMILES string of the molecule is CCCC[C@H](Nc1nc(C(C)(C)C)ns1)C(=O)O. The number of rotatable bonds is 6. The van der Waals surface area contributed by atoms with Crippen molar-refractivity contribution in [2.75, 3.05) is 5.32 Å². The van der Waals surface area contributed by atoms with Crippen molar-refractivity contribution in [2.45, 2.75) is 58.4 Å². The standard InChI is InChI=1S/C12H21N3O2S/c1-5-6-7-8(9(16)17)13-11-14-10(15-18-11)12(2,3)4/h8H,5-7H2,1-4H3,(H,16,17)(H,13,14,15)/t8-/m0/s1. The van der Waals surface area contributed by atoms with Crippen LogP contribution in [0.1, 0.15) is 52.8 Å². The normalized spacial score (nSPS) is 13.3. The lowest BCUT2D eigenvalue weighted by molar-refractivity contribution is -0.138. The first-order chi connectivity index (χ1) is 8.34. The van der Waals surface area contributed by atoms with E-state index in [0.29, 0.717) is 11.6 Å². The van der Waals surface area contributed by atoms with Crippen LogP contribution in [0, 0.1) is 0 Å². The summed E-state index contributed by atoms with van der Waals surface area (Å²) >= 11 is 1.22. The van der Waals surface area contributed by atoms with E-state index >= 15 is 0 Å². The molecular formula is C12H21N3O2S. The summed E-state index contributed by atoms with van der Waals surface area (Å²) in [7, 11) is 0. The first-order valence-electron chi connectivity index (χ1n) is 6.18. The number of unbranched alkanes of at least 4 members (excludes halogenated alkanes) is 1. The molecule has 18 heavy (non-hydrogen) atoms. The van der Waals surface area contributed by atoms with Crippen LogP contribution in [0.4, 0.5) is 5.13 Å². The summed E-state index contributed by atoms with van der Waals surface area (Å²) in [5, 5.41) is 12.7. The molecule has 0 aliphatic heterocycles. The van der Waals surface area contributed by atoms with Crippen molar-refractivity contribution >= 4 is 22.6 Å². The van der Waals surface area contributed by atoms with Gasteiger partial charge in [-0.15, -0.1) is 0 Å². The summed E-state index contributed by atoms with van der Waals surface area (Å²) in [4.78, 5) is 15.5. The number of anilines is 1. The molecule has 0 saturated heterocycles. The van der Waals surface area contributed by atoms with Crippen LogP contribution < -0.4 is 5.32 Å². The van der Waals surface area contributed by atoms with Gasteiger partial charge in [-0.25, -0.2) is 9.78 Å². The molecule has 6 heteroatoms. The monoisotopic (exact) mass is 271 g/mol. The summed E-state index contributed by atoms with van der Waals surface area (Å²) in [6.07, 6.45) is 2.47. The zero-order valence-corrected chi connectivity index (χ0v) is 12.2. The number of carboxylic acid groups (broad SMARTS) is 1. The molecule has 5 nitrogen and oxygen atoms in total. The lowest BCUT2D eigenvalue weighted by atomic mass is 9.96. The maximum Gasteiger partial charge on any atom is 0.326 e. The third-order valence-electron chi connectivity index (χ3n) is 2.54. The van der Waals surface area contributed by atoms with Gasteiger partial charge in [0.2, 0.25) is 5.13 Å². The molecule has 1 aromatic heterocycles. The lowest BCUT2D eigenvalue weighted by Crippen LogP contribution is -2.29. The molecule has 0 aromatic carbocycles. The molecule has 102 valence electrons. The quantitative estimate of drug-likeness (QED) is 0.832. The van der Waals surface area contributed by atoms with Gasteiger partial charge in [0.25, 0.3) is 0 Å². The fourth-order valence-corrected chi connectivity index (χ4v) is 2.21. The molecule has 1 heterocycles. The van der Waals surface area contributed by atoms with Gasteiger partial charge in [0.15, 0.2) is 0 Å². The van der Waals surface area contributed by atoms with Gasteiger partial charge in [0.05, 0.1) is 0 Å². The molecule has 2 N–H and O–H groups in total. The molecule has 0 fully saturated rings. The molecule has 1 atom stereocenters.